The number of ether oxygens (including phenoxy) is 4. The van der Waals surface area contributed by atoms with Crippen LogP contribution in [-0.2, 0) is 20.7 Å². The second-order valence-electron chi connectivity index (χ2n) is 8.40. The normalized spacial score (nSPS) is 18.6. The predicted molar refractivity (Wildman–Crippen MR) is 123 cm³/mol. The van der Waals surface area contributed by atoms with E-state index in [1.54, 1.807) is 18.2 Å². The Morgan fingerprint density at radius 3 is 2.58 bits per heavy atom. The van der Waals surface area contributed by atoms with E-state index in [-0.39, 0.29) is 0 Å². The van der Waals surface area contributed by atoms with Crippen molar-refractivity contribution in [2.45, 2.75) is 51.0 Å². The van der Waals surface area contributed by atoms with Gasteiger partial charge in [0, 0.05) is 25.2 Å². The van der Waals surface area contributed by atoms with Gasteiger partial charge in [0.15, 0.2) is 0 Å². The minimum atomic E-state index is -0.925. The number of rotatable bonds is 10. The summed E-state index contributed by atoms with van der Waals surface area (Å²) < 4.78 is 22.4. The predicted octanol–water partition coefficient (Wildman–Crippen LogP) is 4.69. The van der Waals surface area contributed by atoms with Crippen molar-refractivity contribution in [2.75, 3.05) is 26.4 Å². The molecule has 7 heteroatoms. The lowest BCUT2D eigenvalue weighted by atomic mass is 9.90. The lowest BCUT2D eigenvalue weighted by Gasteiger charge is -2.23. The largest absolute Gasteiger partial charge is 0.493 e. The number of aryl methyl sites for hydroxylation is 1. The molecule has 2 aromatic rings. The lowest BCUT2D eigenvalue weighted by Crippen LogP contribution is -2.20. The van der Waals surface area contributed by atoms with E-state index in [9.17, 15) is 9.59 Å². The molecule has 4 rings (SSSR count). The van der Waals surface area contributed by atoms with Crippen LogP contribution in [0, 0.1) is 0 Å². The van der Waals surface area contributed by atoms with E-state index < -0.39 is 18.1 Å². The van der Waals surface area contributed by atoms with E-state index in [0.29, 0.717) is 30.4 Å². The van der Waals surface area contributed by atoms with Crippen molar-refractivity contribution in [2.24, 2.45) is 0 Å². The van der Waals surface area contributed by atoms with Crippen LogP contribution in [0.2, 0.25) is 0 Å². The fourth-order valence-corrected chi connectivity index (χ4v) is 4.26. The summed E-state index contributed by atoms with van der Waals surface area (Å²) in [6.45, 7) is 4.89. The molecule has 0 unspecified atom stereocenters. The summed E-state index contributed by atoms with van der Waals surface area (Å²) in [5, 5.41) is 2.13. The van der Waals surface area contributed by atoms with Crippen LogP contribution >= 0.6 is 0 Å². The quantitative estimate of drug-likeness (QED) is 0.526. The van der Waals surface area contributed by atoms with Gasteiger partial charge < -0.3 is 18.9 Å². The Bertz CT molecular complexity index is 969. The summed E-state index contributed by atoms with van der Waals surface area (Å²) in [4.78, 5) is 23.0. The van der Waals surface area contributed by atoms with Gasteiger partial charge in [0.05, 0.1) is 13.2 Å². The molecule has 2 aliphatic rings. The molecule has 0 saturated carbocycles. The third-order valence-electron chi connectivity index (χ3n) is 5.96. The summed E-state index contributed by atoms with van der Waals surface area (Å²) in [5.74, 6) is 1.68. The number of hydrogen-bond acceptors (Lipinski definition) is 6. The van der Waals surface area contributed by atoms with Gasteiger partial charge in [-0.15, -0.1) is 0 Å². The highest BCUT2D eigenvalue weighted by Gasteiger charge is 2.33. The molecule has 7 nitrogen and oxygen atoms in total. The minimum absolute atomic E-state index is 0.462. The summed E-state index contributed by atoms with van der Waals surface area (Å²) in [6.07, 6.45) is 3.30. The zero-order chi connectivity index (χ0) is 23.0. The van der Waals surface area contributed by atoms with Gasteiger partial charge in [-0.05, 0) is 54.5 Å². The number of carbonyl (C=O) groups excluding carboxylic acids is 2. The highest BCUT2D eigenvalue weighted by atomic mass is 16.6. The minimum Gasteiger partial charge on any atom is -0.493 e. The molecule has 2 saturated heterocycles. The van der Waals surface area contributed by atoms with Crippen LogP contribution in [0.25, 0.3) is 0 Å². The average molecular weight is 454 g/mol. The number of carbonyl (C=O) groups is 2. The molecule has 2 fully saturated rings. The van der Waals surface area contributed by atoms with Crippen molar-refractivity contribution in [3.8, 4) is 11.5 Å². The highest BCUT2D eigenvalue weighted by Crippen LogP contribution is 2.31. The van der Waals surface area contributed by atoms with Gasteiger partial charge in [0.2, 0.25) is 6.10 Å². The first-order valence-corrected chi connectivity index (χ1v) is 11.7. The molecule has 176 valence electrons. The highest BCUT2D eigenvalue weighted by molar-refractivity contribution is 6.00. The summed E-state index contributed by atoms with van der Waals surface area (Å²) in [6, 6.07) is 13.6. The zero-order valence-electron chi connectivity index (χ0n) is 19.0. The van der Waals surface area contributed by atoms with Crippen molar-refractivity contribution in [3.63, 3.8) is 0 Å². The Morgan fingerprint density at radius 2 is 1.82 bits per heavy atom. The zero-order valence-corrected chi connectivity index (χ0v) is 19.0. The number of nitrogens with one attached hydrogen (secondary N) is 1. The van der Waals surface area contributed by atoms with Crippen LogP contribution in [0.3, 0.4) is 0 Å². The number of hydrogen-bond donors (Lipinski definition) is 1. The van der Waals surface area contributed by atoms with Crippen molar-refractivity contribution in [3.05, 3.63) is 59.2 Å². The van der Waals surface area contributed by atoms with Crippen molar-refractivity contribution in [1.82, 2.24) is 5.32 Å². The molecule has 0 aliphatic carbocycles. The Kier molecular flexibility index (Phi) is 7.83. The summed E-state index contributed by atoms with van der Waals surface area (Å²) in [7, 11) is 0. The number of cyclic esters (lactones) is 1. The van der Waals surface area contributed by atoms with E-state index in [4.69, 9.17) is 18.9 Å². The number of benzene rings is 2. The Morgan fingerprint density at radius 1 is 1.00 bits per heavy atom. The van der Waals surface area contributed by atoms with E-state index >= 15 is 0 Å². The van der Waals surface area contributed by atoms with Crippen LogP contribution in [0.1, 0.15) is 61.3 Å². The smallest absolute Gasteiger partial charge is 0.415 e. The maximum Gasteiger partial charge on any atom is 0.415 e. The van der Waals surface area contributed by atoms with Gasteiger partial charge >= 0.3 is 6.09 Å². The Labute approximate surface area is 194 Å². The third kappa shape index (κ3) is 6.05. The van der Waals surface area contributed by atoms with Gasteiger partial charge in [-0.1, -0.05) is 37.6 Å². The van der Waals surface area contributed by atoms with Gasteiger partial charge in [0.25, 0.3) is 5.91 Å². The van der Waals surface area contributed by atoms with Crippen LogP contribution in [0.4, 0.5) is 4.79 Å². The number of alkyl carbamates (subject to hydrolysis) is 1. The second kappa shape index (κ2) is 11.2. The molecule has 2 heterocycles. The van der Waals surface area contributed by atoms with Gasteiger partial charge in [-0.2, -0.15) is 0 Å². The first-order chi connectivity index (χ1) is 16.1. The van der Waals surface area contributed by atoms with Crippen LogP contribution in [0.15, 0.2) is 42.5 Å². The molecule has 0 radical (unpaired) electrons. The maximum atomic E-state index is 11.8. The van der Waals surface area contributed by atoms with Crippen molar-refractivity contribution < 1.29 is 28.5 Å². The molecular weight excluding hydrogens is 422 g/mol. The average Bonchev–Trinajstić information content (AvgIpc) is 3.18. The molecule has 2 aliphatic heterocycles. The van der Waals surface area contributed by atoms with Gasteiger partial charge in [0.1, 0.15) is 11.5 Å². The first-order valence-electron chi connectivity index (χ1n) is 11.7. The molecular formula is C26H31NO6. The summed E-state index contributed by atoms with van der Waals surface area (Å²) >= 11 is 0. The van der Waals surface area contributed by atoms with E-state index in [0.717, 1.165) is 51.1 Å². The molecule has 0 spiro atoms. The molecule has 2 aromatic carbocycles. The fraction of sp³-hybridized carbons (Fsp3) is 0.462. The second-order valence-corrected chi connectivity index (χ2v) is 8.40. The fourth-order valence-electron chi connectivity index (χ4n) is 4.26. The Hall–Kier alpha value is -3.06. The number of amides is 2. The molecule has 2 amide bonds. The van der Waals surface area contributed by atoms with Gasteiger partial charge in [-0.3, -0.25) is 10.1 Å². The lowest BCUT2D eigenvalue weighted by molar-refractivity contribution is -0.123. The number of imide groups is 1. The molecule has 0 aromatic heterocycles. The third-order valence-corrected chi connectivity index (χ3v) is 5.96. The topological polar surface area (TPSA) is 83.1 Å². The summed E-state index contributed by atoms with van der Waals surface area (Å²) in [5.41, 5.74) is 3.24. The van der Waals surface area contributed by atoms with Crippen LogP contribution in [-0.4, -0.2) is 38.4 Å². The molecule has 0 bridgehead atoms. The monoisotopic (exact) mass is 453 g/mol. The molecule has 1 N–H and O–H groups in total. The van der Waals surface area contributed by atoms with Crippen LogP contribution in [0.5, 0.6) is 11.5 Å². The molecule has 33 heavy (non-hydrogen) atoms. The molecule has 1 atom stereocenters. The van der Waals surface area contributed by atoms with Crippen molar-refractivity contribution >= 4 is 12.0 Å². The maximum absolute atomic E-state index is 11.8. The SMILES string of the molecule is CCCc1cc(C2CCOCC2)ccc1OCCCOc1cccc([C@@H]2OC(=O)NC2=O)c1. The van der Waals surface area contributed by atoms with Crippen molar-refractivity contribution in [1.29, 1.82) is 0 Å². The Balaban J connectivity index is 1.27. The van der Waals surface area contributed by atoms with E-state index in [1.165, 1.54) is 11.1 Å². The van der Waals surface area contributed by atoms with E-state index in [1.807, 2.05) is 6.07 Å². The van der Waals surface area contributed by atoms with Crippen LogP contribution < -0.4 is 14.8 Å². The first kappa shape index (κ1) is 23.1. The standard InChI is InChI=1S/C26H31NO6/c1-2-5-20-16-19(18-10-14-30-15-11-18)8-9-23(20)32-13-4-12-31-22-7-3-6-21(17-22)24-25(28)27-26(29)33-24/h3,6-9,16-18,24H,2,4-5,10-15H2,1H3,(H,27,28,29)/t24-/m0/s1. The van der Waals surface area contributed by atoms with E-state index in [2.05, 4.69) is 30.4 Å². The van der Waals surface area contributed by atoms with Gasteiger partial charge in [-0.25, -0.2) is 4.79 Å².